The Bertz CT molecular complexity index is 513. The third kappa shape index (κ3) is 2.37. The number of rotatable bonds is 2. The van der Waals surface area contributed by atoms with E-state index in [9.17, 15) is 10.1 Å². The van der Waals surface area contributed by atoms with E-state index in [1.54, 1.807) is 0 Å². The number of carbonyl (C=O) groups is 1. The maximum atomic E-state index is 12.3. The number of halogens is 1. The van der Waals surface area contributed by atoms with E-state index in [-0.39, 0.29) is 5.91 Å². The summed E-state index contributed by atoms with van der Waals surface area (Å²) >= 11 is 2.24. The zero-order valence-corrected chi connectivity index (χ0v) is 12.5. The summed E-state index contributed by atoms with van der Waals surface area (Å²) < 4.78 is 1.11. The SMILES string of the molecule is Cc1c(I)cccc1NC(=O)C1(C#N)CCCC1. The summed E-state index contributed by atoms with van der Waals surface area (Å²) in [6.45, 7) is 1.98. The molecule has 3 nitrogen and oxygen atoms in total. The van der Waals surface area contributed by atoms with Crippen molar-refractivity contribution in [3.05, 3.63) is 27.3 Å². The van der Waals surface area contributed by atoms with Crippen LogP contribution in [0.4, 0.5) is 5.69 Å². The van der Waals surface area contributed by atoms with E-state index in [0.29, 0.717) is 12.8 Å². The van der Waals surface area contributed by atoms with Gasteiger partial charge in [0.1, 0.15) is 5.41 Å². The molecule has 0 heterocycles. The molecule has 0 unspecified atom stereocenters. The highest BCUT2D eigenvalue weighted by atomic mass is 127. The monoisotopic (exact) mass is 354 g/mol. The fourth-order valence-electron chi connectivity index (χ4n) is 2.35. The first-order valence-corrected chi connectivity index (χ1v) is 7.15. The van der Waals surface area contributed by atoms with E-state index >= 15 is 0 Å². The molecule has 0 atom stereocenters. The van der Waals surface area contributed by atoms with Crippen molar-refractivity contribution in [1.82, 2.24) is 0 Å². The number of hydrogen-bond donors (Lipinski definition) is 1. The molecular weight excluding hydrogens is 339 g/mol. The Morgan fingerprint density at radius 3 is 2.72 bits per heavy atom. The third-order valence-electron chi connectivity index (χ3n) is 3.62. The number of nitriles is 1. The van der Waals surface area contributed by atoms with Gasteiger partial charge in [0.15, 0.2) is 0 Å². The molecule has 1 aliphatic rings. The molecule has 4 heteroatoms. The van der Waals surface area contributed by atoms with Crippen LogP contribution >= 0.6 is 22.6 Å². The molecule has 1 fully saturated rings. The third-order valence-corrected chi connectivity index (χ3v) is 4.79. The van der Waals surface area contributed by atoms with Gasteiger partial charge in [-0.05, 0) is 60.1 Å². The molecule has 0 radical (unpaired) electrons. The number of benzene rings is 1. The largest absolute Gasteiger partial charge is 0.324 e. The summed E-state index contributed by atoms with van der Waals surface area (Å²) in [5, 5.41) is 12.2. The van der Waals surface area contributed by atoms with Crippen LogP contribution in [-0.4, -0.2) is 5.91 Å². The lowest BCUT2D eigenvalue weighted by Crippen LogP contribution is -2.32. The lowest BCUT2D eigenvalue weighted by Gasteiger charge is -2.20. The van der Waals surface area contributed by atoms with Crippen LogP contribution in [0, 0.1) is 27.2 Å². The highest BCUT2D eigenvalue weighted by molar-refractivity contribution is 14.1. The predicted octanol–water partition coefficient (Wildman–Crippen LogP) is 3.62. The zero-order valence-electron chi connectivity index (χ0n) is 10.3. The lowest BCUT2D eigenvalue weighted by molar-refractivity contribution is -0.122. The van der Waals surface area contributed by atoms with E-state index < -0.39 is 5.41 Å². The van der Waals surface area contributed by atoms with Crippen LogP contribution in [0.5, 0.6) is 0 Å². The Morgan fingerprint density at radius 1 is 1.44 bits per heavy atom. The minimum atomic E-state index is -0.812. The second-order valence-electron chi connectivity index (χ2n) is 4.77. The van der Waals surface area contributed by atoms with E-state index in [1.807, 2.05) is 25.1 Å². The van der Waals surface area contributed by atoms with Crippen molar-refractivity contribution in [2.75, 3.05) is 5.32 Å². The number of anilines is 1. The van der Waals surface area contributed by atoms with Crippen molar-refractivity contribution in [2.45, 2.75) is 32.6 Å². The number of hydrogen-bond acceptors (Lipinski definition) is 2. The highest BCUT2D eigenvalue weighted by Gasteiger charge is 2.41. The summed E-state index contributed by atoms with van der Waals surface area (Å²) in [6, 6.07) is 8.02. The van der Waals surface area contributed by atoms with Gasteiger partial charge in [0.05, 0.1) is 6.07 Å². The first kappa shape index (κ1) is 13.3. The first-order valence-electron chi connectivity index (χ1n) is 6.07. The number of amides is 1. The number of nitrogens with zero attached hydrogens (tertiary/aromatic N) is 1. The molecule has 0 saturated heterocycles. The topological polar surface area (TPSA) is 52.9 Å². The Hall–Kier alpha value is -1.09. The average Bonchev–Trinajstić information content (AvgIpc) is 2.85. The fourth-order valence-corrected chi connectivity index (χ4v) is 2.85. The van der Waals surface area contributed by atoms with Crippen molar-refractivity contribution < 1.29 is 4.79 Å². The second-order valence-corrected chi connectivity index (χ2v) is 5.93. The maximum absolute atomic E-state index is 12.3. The van der Waals surface area contributed by atoms with Crippen LogP contribution in [0.2, 0.25) is 0 Å². The van der Waals surface area contributed by atoms with Crippen molar-refractivity contribution in [3.63, 3.8) is 0 Å². The van der Waals surface area contributed by atoms with Gasteiger partial charge in [0, 0.05) is 9.26 Å². The molecule has 2 rings (SSSR count). The summed E-state index contributed by atoms with van der Waals surface area (Å²) in [5.74, 6) is -0.146. The highest BCUT2D eigenvalue weighted by Crippen LogP contribution is 2.38. The van der Waals surface area contributed by atoms with Crippen molar-refractivity contribution >= 4 is 34.2 Å². The molecule has 0 aliphatic heterocycles. The molecule has 0 bridgehead atoms. The minimum Gasteiger partial charge on any atom is -0.324 e. The van der Waals surface area contributed by atoms with E-state index in [2.05, 4.69) is 34.0 Å². The number of nitrogens with one attached hydrogen (secondary N) is 1. The zero-order chi connectivity index (χ0) is 13.2. The molecule has 0 aromatic heterocycles. The second kappa shape index (κ2) is 5.27. The molecule has 1 saturated carbocycles. The molecule has 0 spiro atoms. The van der Waals surface area contributed by atoms with Gasteiger partial charge in [-0.15, -0.1) is 0 Å². The quantitative estimate of drug-likeness (QED) is 0.825. The molecule has 1 amide bonds. The normalized spacial score (nSPS) is 17.2. The smallest absolute Gasteiger partial charge is 0.244 e. The average molecular weight is 354 g/mol. The molecule has 1 aliphatic carbocycles. The molecule has 1 N–H and O–H groups in total. The van der Waals surface area contributed by atoms with Crippen LogP contribution in [0.3, 0.4) is 0 Å². The van der Waals surface area contributed by atoms with Gasteiger partial charge >= 0.3 is 0 Å². The van der Waals surface area contributed by atoms with Crippen molar-refractivity contribution in [1.29, 1.82) is 5.26 Å². The number of carbonyl (C=O) groups excluding carboxylic acids is 1. The Labute approximate surface area is 121 Å². The standard InChI is InChI=1S/C14H15IN2O/c1-10-11(15)5-4-6-12(10)17-13(18)14(9-16)7-2-3-8-14/h4-6H,2-3,7-8H2,1H3,(H,17,18). The van der Waals surface area contributed by atoms with Crippen molar-refractivity contribution in [3.8, 4) is 6.07 Å². The summed E-state index contributed by atoms with van der Waals surface area (Å²) in [7, 11) is 0. The summed E-state index contributed by atoms with van der Waals surface area (Å²) in [4.78, 5) is 12.3. The molecule has 1 aromatic carbocycles. The Kier molecular flexibility index (Phi) is 3.91. The van der Waals surface area contributed by atoms with Gasteiger partial charge < -0.3 is 5.32 Å². The lowest BCUT2D eigenvalue weighted by atomic mass is 9.87. The summed E-state index contributed by atoms with van der Waals surface area (Å²) in [6.07, 6.45) is 3.29. The van der Waals surface area contributed by atoms with Gasteiger partial charge in [0.2, 0.25) is 5.91 Å². The molecule has 94 valence electrons. The van der Waals surface area contributed by atoms with Crippen LogP contribution in [0.1, 0.15) is 31.2 Å². The van der Waals surface area contributed by atoms with Gasteiger partial charge in [0.25, 0.3) is 0 Å². The fraction of sp³-hybridized carbons (Fsp3) is 0.429. The van der Waals surface area contributed by atoms with Gasteiger partial charge in [-0.1, -0.05) is 18.9 Å². The molecule has 18 heavy (non-hydrogen) atoms. The molecule has 1 aromatic rings. The van der Waals surface area contributed by atoms with Crippen LogP contribution in [0.15, 0.2) is 18.2 Å². The molecular formula is C14H15IN2O. The summed E-state index contributed by atoms with van der Waals surface area (Å²) in [5.41, 5.74) is 1.05. The Balaban J connectivity index is 2.22. The Morgan fingerprint density at radius 2 is 2.11 bits per heavy atom. The van der Waals surface area contributed by atoms with Crippen LogP contribution in [-0.2, 0) is 4.79 Å². The van der Waals surface area contributed by atoms with E-state index in [1.165, 1.54) is 0 Å². The van der Waals surface area contributed by atoms with Gasteiger partial charge in [-0.3, -0.25) is 4.79 Å². The van der Waals surface area contributed by atoms with E-state index in [4.69, 9.17) is 0 Å². The maximum Gasteiger partial charge on any atom is 0.244 e. The van der Waals surface area contributed by atoms with Crippen LogP contribution < -0.4 is 5.32 Å². The van der Waals surface area contributed by atoms with Crippen molar-refractivity contribution in [2.24, 2.45) is 5.41 Å². The minimum absolute atomic E-state index is 0.146. The van der Waals surface area contributed by atoms with E-state index in [0.717, 1.165) is 27.7 Å². The first-order chi connectivity index (χ1) is 8.59. The predicted molar refractivity (Wildman–Crippen MR) is 79.0 cm³/mol. The van der Waals surface area contributed by atoms with Gasteiger partial charge in [-0.2, -0.15) is 5.26 Å². The van der Waals surface area contributed by atoms with Crippen LogP contribution in [0.25, 0.3) is 0 Å². The van der Waals surface area contributed by atoms with Gasteiger partial charge in [-0.25, -0.2) is 0 Å².